The molecule has 8 heteroatoms. The van der Waals surface area contributed by atoms with Crippen LogP contribution in [0.15, 0.2) is 30.5 Å². The van der Waals surface area contributed by atoms with Crippen LogP contribution in [0.3, 0.4) is 0 Å². The zero-order valence-electron chi connectivity index (χ0n) is 11.0. The Hall–Kier alpha value is -2.54. The smallest absolute Gasteiger partial charge is 0.296 e. The minimum Gasteiger partial charge on any atom is -0.505 e. The van der Waals surface area contributed by atoms with Crippen molar-refractivity contribution >= 4 is 28.9 Å². The van der Waals surface area contributed by atoms with Crippen molar-refractivity contribution in [3.63, 3.8) is 0 Å². The van der Waals surface area contributed by atoms with Gasteiger partial charge in [0, 0.05) is 18.8 Å². The summed E-state index contributed by atoms with van der Waals surface area (Å²) in [6, 6.07) is 5.23. The monoisotopic (exact) mass is 309 g/mol. The molecule has 21 heavy (non-hydrogen) atoms. The van der Waals surface area contributed by atoms with Gasteiger partial charge in [-0.1, -0.05) is 17.7 Å². The van der Waals surface area contributed by atoms with Gasteiger partial charge in [0.1, 0.15) is 11.4 Å². The lowest BCUT2D eigenvalue weighted by molar-refractivity contribution is -0.384. The molecule has 0 fully saturated rings. The van der Waals surface area contributed by atoms with Crippen LogP contribution >= 0.6 is 11.6 Å². The Morgan fingerprint density at radius 3 is 2.86 bits per heavy atom. The molecule has 1 aromatic heterocycles. The van der Waals surface area contributed by atoms with E-state index in [2.05, 4.69) is 5.32 Å². The van der Waals surface area contributed by atoms with Gasteiger partial charge in [0.25, 0.3) is 11.6 Å². The van der Waals surface area contributed by atoms with Crippen molar-refractivity contribution in [1.82, 2.24) is 4.57 Å². The largest absolute Gasteiger partial charge is 0.505 e. The number of halogens is 1. The second-order valence-electron chi connectivity index (χ2n) is 4.21. The van der Waals surface area contributed by atoms with E-state index in [1.54, 1.807) is 10.8 Å². The van der Waals surface area contributed by atoms with Crippen LogP contribution in [0, 0.1) is 10.1 Å². The maximum atomic E-state index is 12.2. The lowest BCUT2D eigenvalue weighted by atomic mass is 10.2. The van der Waals surface area contributed by atoms with Crippen LogP contribution < -0.4 is 5.32 Å². The number of hydrogen-bond acceptors (Lipinski definition) is 4. The van der Waals surface area contributed by atoms with Crippen molar-refractivity contribution < 1.29 is 14.8 Å². The van der Waals surface area contributed by atoms with E-state index in [-0.39, 0.29) is 22.8 Å². The highest BCUT2D eigenvalue weighted by Crippen LogP contribution is 2.33. The van der Waals surface area contributed by atoms with Gasteiger partial charge in [0.2, 0.25) is 0 Å². The molecule has 2 N–H and O–H groups in total. The standard InChI is InChI=1S/C13H12ClN3O4/c1-2-16-7-8(14)6-10(16)13(19)15-12-9(17(20)21)4-3-5-11(12)18/h3-7,18H,2H2,1H3,(H,15,19). The number of nitro benzene ring substituents is 1. The molecule has 7 nitrogen and oxygen atoms in total. The number of aromatic nitrogens is 1. The molecule has 1 heterocycles. The van der Waals surface area contributed by atoms with Crippen molar-refractivity contribution in [2.45, 2.75) is 13.5 Å². The number of phenolic OH excluding ortho intramolecular Hbond substituents is 1. The first-order valence-corrected chi connectivity index (χ1v) is 6.45. The molecule has 0 aliphatic rings. The molecule has 0 aliphatic carbocycles. The second kappa shape index (κ2) is 5.84. The Morgan fingerprint density at radius 1 is 1.52 bits per heavy atom. The molecule has 1 amide bonds. The molecule has 0 unspecified atom stereocenters. The number of para-hydroxylation sites is 1. The number of anilines is 1. The van der Waals surface area contributed by atoms with Gasteiger partial charge in [0.05, 0.1) is 9.95 Å². The highest BCUT2D eigenvalue weighted by molar-refractivity contribution is 6.31. The number of rotatable bonds is 4. The van der Waals surface area contributed by atoms with E-state index in [9.17, 15) is 20.0 Å². The van der Waals surface area contributed by atoms with Crippen LogP contribution in [-0.4, -0.2) is 20.5 Å². The fraction of sp³-hybridized carbons (Fsp3) is 0.154. The highest BCUT2D eigenvalue weighted by atomic mass is 35.5. The van der Waals surface area contributed by atoms with Crippen LogP contribution in [-0.2, 0) is 6.54 Å². The molecule has 0 bridgehead atoms. The number of hydrogen-bond donors (Lipinski definition) is 2. The fourth-order valence-corrected chi connectivity index (χ4v) is 2.13. The van der Waals surface area contributed by atoms with E-state index in [0.717, 1.165) is 0 Å². The van der Waals surface area contributed by atoms with E-state index in [1.165, 1.54) is 24.3 Å². The van der Waals surface area contributed by atoms with Gasteiger partial charge in [-0.15, -0.1) is 0 Å². The molecular formula is C13H12ClN3O4. The number of nitro groups is 1. The molecule has 1 aromatic carbocycles. The van der Waals surface area contributed by atoms with Crippen molar-refractivity contribution in [1.29, 1.82) is 0 Å². The summed E-state index contributed by atoms with van der Waals surface area (Å²) in [5.74, 6) is -0.966. The summed E-state index contributed by atoms with van der Waals surface area (Å²) in [7, 11) is 0. The predicted octanol–water partition coefficient (Wildman–Crippen LogP) is 3.03. The first-order chi connectivity index (χ1) is 9.93. The summed E-state index contributed by atoms with van der Waals surface area (Å²) >= 11 is 5.85. The second-order valence-corrected chi connectivity index (χ2v) is 4.65. The SMILES string of the molecule is CCn1cc(Cl)cc1C(=O)Nc1c(O)cccc1[N+](=O)[O-]. The van der Waals surface area contributed by atoms with Gasteiger partial charge in [-0.25, -0.2) is 0 Å². The third kappa shape index (κ3) is 2.97. The first-order valence-electron chi connectivity index (χ1n) is 6.07. The molecule has 2 rings (SSSR count). The average molecular weight is 310 g/mol. The lowest BCUT2D eigenvalue weighted by Crippen LogP contribution is -2.17. The third-order valence-electron chi connectivity index (χ3n) is 2.89. The van der Waals surface area contributed by atoms with Crippen molar-refractivity contribution in [3.05, 3.63) is 51.3 Å². The van der Waals surface area contributed by atoms with E-state index >= 15 is 0 Å². The van der Waals surface area contributed by atoms with Gasteiger partial charge in [-0.3, -0.25) is 14.9 Å². The molecule has 0 spiro atoms. The molecule has 0 saturated carbocycles. The number of nitrogens with zero attached hydrogens (tertiary/aromatic N) is 2. The number of carbonyl (C=O) groups is 1. The molecular weight excluding hydrogens is 298 g/mol. The highest BCUT2D eigenvalue weighted by Gasteiger charge is 2.21. The van der Waals surface area contributed by atoms with Crippen LogP contribution in [0.25, 0.3) is 0 Å². The number of nitrogens with one attached hydrogen (secondary N) is 1. The van der Waals surface area contributed by atoms with Crippen LogP contribution in [0.4, 0.5) is 11.4 Å². The molecule has 110 valence electrons. The maximum absolute atomic E-state index is 12.2. The Balaban J connectivity index is 2.38. The molecule has 0 aliphatic heterocycles. The molecule has 0 atom stereocenters. The number of benzene rings is 1. The maximum Gasteiger partial charge on any atom is 0.296 e. The topological polar surface area (TPSA) is 97.4 Å². The van der Waals surface area contributed by atoms with Crippen molar-refractivity contribution in [2.75, 3.05) is 5.32 Å². The molecule has 0 saturated heterocycles. The summed E-state index contributed by atoms with van der Waals surface area (Å²) in [5.41, 5.74) is -0.378. The number of amides is 1. The third-order valence-corrected chi connectivity index (χ3v) is 3.10. The first kappa shape index (κ1) is 14.9. The van der Waals surface area contributed by atoms with E-state index in [0.29, 0.717) is 11.6 Å². The summed E-state index contributed by atoms with van der Waals surface area (Å²) in [4.78, 5) is 22.5. The predicted molar refractivity (Wildman–Crippen MR) is 77.8 cm³/mol. The number of phenols is 1. The van der Waals surface area contributed by atoms with Gasteiger partial charge in [0.15, 0.2) is 5.69 Å². The van der Waals surface area contributed by atoms with E-state index in [1.807, 2.05) is 6.92 Å². The minimum absolute atomic E-state index is 0.243. The van der Waals surface area contributed by atoms with Gasteiger partial charge >= 0.3 is 0 Å². The Kier molecular flexibility index (Phi) is 4.13. The average Bonchev–Trinajstić information content (AvgIpc) is 2.82. The zero-order valence-corrected chi connectivity index (χ0v) is 11.8. The summed E-state index contributed by atoms with van der Waals surface area (Å²) in [6.45, 7) is 2.34. The minimum atomic E-state index is -0.679. The van der Waals surface area contributed by atoms with Gasteiger partial charge in [-0.2, -0.15) is 0 Å². The van der Waals surface area contributed by atoms with Gasteiger partial charge in [-0.05, 0) is 19.1 Å². The summed E-state index contributed by atoms with van der Waals surface area (Å²) in [5, 5.41) is 23.4. The van der Waals surface area contributed by atoms with Crippen LogP contribution in [0.5, 0.6) is 5.75 Å². The summed E-state index contributed by atoms with van der Waals surface area (Å²) in [6.07, 6.45) is 1.58. The van der Waals surface area contributed by atoms with Crippen molar-refractivity contribution in [3.8, 4) is 5.75 Å². The number of aryl methyl sites for hydroxylation is 1. The van der Waals surface area contributed by atoms with Crippen LogP contribution in [0.2, 0.25) is 5.02 Å². The molecule has 0 radical (unpaired) electrons. The Labute approximate surface area is 124 Å². The zero-order chi connectivity index (χ0) is 15.6. The lowest BCUT2D eigenvalue weighted by Gasteiger charge is -2.09. The van der Waals surface area contributed by atoms with Gasteiger partial charge < -0.3 is 15.0 Å². The quantitative estimate of drug-likeness (QED) is 0.515. The normalized spacial score (nSPS) is 10.4. The molecule has 2 aromatic rings. The fourth-order valence-electron chi connectivity index (χ4n) is 1.91. The summed E-state index contributed by atoms with van der Waals surface area (Å²) < 4.78 is 1.60. The van der Waals surface area contributed by atoms with E-state index in [4.69, 9.17) is 11.6 Å². The van der Waals surface area contributed by atoms with E-state index < -0.39 is 10.8 Å². The van der Waals surface area contributed by atoms with Crippen molar-refractivity contribution in [2.24, 2.45) is 0 Å². The van der Waals surface area contributed by atoms with Crippen LogP contribution in [0.1, 0.15) is 17.4 Å². The Morgan fingerprint density at radius 2 is 2.24 bits per heavy atom. The number of aromatic hydroxyl groups is 1. The number of carbonyl (C=O) groups excluding carboxylic acids is 1. The Bertz CT molecular complexity index is 711.